The molecular weight excluding hydrogens is 314 g/mol. The highest BCUT2D eigenvalue weighted by Crippen LogP contribution is 2.24. The molecule has 0 aliphatic heterocycles. The standard InChI is InChI=1S/C17H21NO6/c19-9-13(20)15(22)17(24)16(23)14(21)11-6-4-10(5-7-11)12-3-1-2-8-18-12/h1-8,13-17,19-24H,9H2/t13-,14?,15+,16-,17-/m1/s1. The Morgan fingerprint density at radius 2 is 1.46 bits per heavy atom. The average molecular weight is 335 g/mol. The van der Waals surface area contributed by atoms with Gasteiger partial charge >= 0.3 is 0 Å². The highest BCUT2D eigenvalue weighted by molar-refractivity contribution is 5.59. The Morgan fingerprint density at radius 1 is 0.792 bits per heavy atom. The second-order valence-corrected chi connectivity index (χ2v) is 5.50. The SMILES string of the molecule is OC[C@@H](O)[C@H](O)[C@@H](O)[C@H](O)C(O)c1ccc(-c2ccccn2)cc1. The van der Waals surface area contributed by atoms with Crippen LogP contribution < -0.4 is 0 Å². The van der Waals surface area contributed by atoms with E-state index < -0.39 is 37.1 Å². The van der Waals surface area contributed by atoms with E-state index in [9.17, 15) is 25.5 Å². The number of rotatable bonds is 7. The minimum Gasteiger partial charge on any atom is -0.394 e. The van der Waals surface area contributed by atoms with E-state index in [2.05, 4.69) is 4.98 Å². The van der Waals surface area contributed by atoms with E-state index in [0.29, 0.717) is 5.56 Å². The number of aromatic nitrogens is 1. The zero-order chi connectivity index (χ0) is 17.7. The number of hydrogen-bond donors (Lipinski definition) is 6. The highest BCUT2D eigenvalue weighted by Gasteiger charge is 2.34. The van der Waals surface area contributed by atoms with E-state index in [1.807, 2.05) is 12.1 Å². The zero-order valence-corrected chi connectivity index (χ0v) is 12.8. The number of aliphatic hydroxyl groups is 6. The first-order valence-corrected chi connectivity index (χ1v) is 7.48. The van der Waals surface area contributed by atoms with Gasteiger partial charge in [0.25, 0.3) is 0 Å². The third kappa shape index (κ3) is 4.15. The fourth-order valence-electron chi connectivity index (χ4n) is 2.31. The first-order chi connectivity index (χ1) is 11.5. The summed E-state index contributed by atoms with van der Waals surface area (Å²) in [4.78, 5) is 4.20. The Balaban J connectivity index is 2.10. The summed E-state index contributed by atoms with van der Waals surface area (Å²) in [6.45, 7) is -0.778. The van der Waals surface area contributed by atoms with Gasteiger partial charge in [-0.15, -0.1) is 0 Å². The summed E-state index contributed by atoms with van der Waals surface area (Å²) in [5, 5.41) is 57.6. The molecule has 0 aliphatic carbocycles. The van der Waals surface area contributed by atoms with Gasteiger partial charge in [0, 0.05) is 11.8 Å². The molecule has 2 rings (SSSR count). The van der Waals surface area contributed by atoms with Gasteiger partial charge in [-0.3, -0.25) is 4.98 Å². The van der Waals surface area contributed by atoms with Crippen LogP contribution in [0.3, 0.4) is 0 Å². The van der Waals surface area contributed by atoms with Crippen LogP contribution in [0, 0.1) is 0 Å². The summed E-state index contributed by atoms with van der Waals surface area (Å²) >= 11 is 0. The van der Waals surface area contributed by atoms with Crippen LogP contribution in [-0.4, -0.2) is 66.6 Å². The first-order valence-electron chi connectivity index (χ1n) is 7.48. The van der Waals surface area contributed by atoms with Crippen molar-refractivity contribution < 1.29 is 30.6 Å². The molecule has 1 unspecified atom stereocenters. The molecule has 130 valence electrons. The molecule has 0 fully saturated rings. The van der Waals surface area contributed by atoms with Crippen molar-refractivity contribution in [3.63, 3.8) is 0 Å². The fourth-order valence-corrected chi connectivity index (χ4v) is 2.31. The summed E-state index contributed by atoms with van der Waals surface area (Å²) in [6.07, 6.45) is -6.77. The minimum atomic E-state index is -1.82. The fraction of sp³-hybridized carbons (Fsp3) is 0.353. The third-order valence-corrected chi connectivity index (χ3v) is 3.82. The Labute approximate surface area is 139 Å². The van der Waals surface area contributed by atoms with Crippen LogP contribution in [0.25, 0.3) is 11.3 Å². The normalized spacial score (nSPS) is 17.8. The molecule has 0 bridgehead atoms. The molecule has 0 amide bonds. The summed E-state index contributed by atoms with van der Waals surface area (Å²) in [6, 6.07) is 12.0. The van der Waals surface area contributed by atoms with Gasteiger partial charge in [0.1, 0.15) is 30.5 Å². The van der Waals surface area contributed by atoms with E-state index in [-0.39, 0.29) is 0 Å². The van der Waals surface area contributed by atoms with Gasteiger partial charge in [0.15, 0.2) is 0 Å². The Hall–Kier alpha value is -1.87. The van der Waals surface area contributed by atoms with E-state index in [4.69, 9.17) is 5.11 Å². The van der Waals surface area contributed by atoms with Crippen molar-refractivity contribution in [1.82, 2.24) is 4.98 Å². The maximum absolute atomic E-state index is 10.1. The quantitative estimate of drug-likeness (QED) is 0.391. The van der Waals surface area contributed by atoms with Crippen molar-refractivity contribution in [2.45, 2.75) is 30.5 Å². The van der Waals surface area contributed by atoms with Gasteiger partial charge in [-0.05, 0) is 17.7 Å². The Kier molecular flexibility index (Phi) is 6.38. The average Bonchev–Trinajstić information content (AvgIpc) is 2.65. The summed E-state index contributed by atoms with van der Waals surface area (Å²) < 4.78 is 0. The predicted molar refractivity (Wildman–Crippen MR) is 85.7 cm³/mol. The lowest BCUT2D eigenvalue weighted by Crippen LogP contribution is -2.47. The molecule has 0 aliphatic rings. The van der Waals surface area contributed by atoms with Crippen LogP contribution in [0.5, 0.6) is 0 Å². The molecule has 6 N–H and O–H groups in total. The third-order valence-electron chi connectivity index (χ3n) is 3.82. The van der Waals surface area contributed by atoms with Gasteiger partial charge < -0.3 is 30.6 Å². The summed E-state index contributed by atoms with van der Waals surface area (Å²) in [5.41, 5.74) is 1.89. The van der Waals surface area contributed by atoms with Gasteiger partial charge in [-0.2, -0.15) is 0 Å². The largest absolute Gasteiger partial charge is 0.394 e. The Bertz CT molecular complexity index is 621. The van der Waals surface area contributed by atoms with Gasteiger partial charge in [-0.1, -0.05) is 30.3 Å². The van der Waals surface area contributed by atoms with Gasteiger partial charge in [0.05, 0.1) is 12.3 Å². The molecule has 1 aromatic heterocycles. The van der Waals surface area contributed by atoms with E-state index in [1.54, 1.807) is 36.5 Å². The molecule has 24 heavy (non-hydrogen) atoms. The van der Waals surface area contributed by atoms with E-state index in [0.717, 1.165) is 11.3 Å². The van der Waals surface area contributed by atoms with Crippen molar-refractivity contribution >= 4 is 0 Å². The molecule has 0 saturated heterocycles. The summed E-state index contributed by atoms with van der Waals surface area (Å²) in [7, 11) is 0. The van der Waals surface area contributed by atoms with Crippen LogP contribution >= 0.6 is 0 Å². The van der Waals surface area contributed by atoms with Crippen LogP contribution in [0.1, 0.15) is 11.7 Å². The number of aliphatic hydroxyl groups excluding tert-OH is 6. The van der Waals surface area contributed by atoms with Crippen LogP contribution in [0.4, 0.5) is 0 Å². The molecule has 7 heteroatoms. The molecule has 0 saturated carbocycles. The van der Waals surface area contributed by atoms with Crippen molar-refractivity contribution in [3.8, 4) is 11.3 Å². The van der Waals surface area contributed by atoms with E-state index >= 15 is 0 Å². The topological polar surface area (TPSA) is 134 Å². The lowest BCUT2D eigenvalue weighted by molar-refractivity contribution is -0.141. The van der Waals surface area contributed by atoms with Crippen molar-refractivity contribution in [1.29, 1.82) is 0 Å². The zero-order valence-electron chi connectivity index (χ0n) is 12.8. The maximum atomic E-state index is 10.1. The summed E-state index contributed by atoms with van der Waals surface area (Å²) in [5.74, 6) is 0. The van der Waals surface area contributed by atoms with Gasteiger partial charge in [-0.25, -0.2) is 0 Å². The Morgan fingerprint density at radius 3 is 2.00 bits per heavy atom. The first kappa shape index (κ1) is 18.5. The molecule has 1 heterocycles. The molecular formula is C17H21NO6. The number of pyridine rings is 1. The van der Waals surface area contributed by atoms with Crippen LogP contribution in [-0.2, 0) is 0 Å². The number of hydrogen-bond acceptors (Lipinski definition) is 7. The highest BCUT2D eigenvalue weighted by atomic mass is 16.4. The van der Waals surface area contributed by atoms with Crippen LogP contribution in [0.2, 0.25) is 0 Å². The van der Waals surface area contributed by atoms with E-state index in [1.165, 1.54) is 0 Å². The maximum Gasteiger partial charge on any atom is 0.113 e. The number of benzene rings is 1. The lowest BCUT2D eigenvalue weighted by Gasteiger charge is -2.28. The smallest absolute Gasteiger partial charge is 0.113 e. The molecule has 7 nitrogen and oxygen atoms in total. The molecule has 0 spiro atoms. The molecule has 0 radical (unpaired) electrons. The minimum absolute atomic E-state index is 0.326. The van der Waals surface area contributed by atoms with Crippen LogP contribution in [0.15, 0.2) is 48.7 Å². The van der Waals surface area contributed by atoms with Crippen molar-refractivity contribution in [2.24, 2.45) is 0 Å². The van der Waals surface area contributed by atoms with Gasteiger partial charge in [0.2, 0.25) is 0 Å². The predicted octanol–water partition coefficient (Wildman–Crippen LogP) is -0.782. The van der Waals surface area contributed by atoms with Crippen molar-refractivity contribution in [2.75, 3.05) is 6.61 Å². The molecule has 2 aromatic rings. The number of nitrogens with zero attached hydrogens (tertiary/aromatic N) is 1. The monoisotopic (exact) mass is 335 g/mol. The lowest BCUT2D eigenvalue weighted by atomic mass is 9.94. The molecule has 5 atom stereocenters. The second-order valence-electron chi connectivity index (χ2n) is 5.50. The molecule has 1 aromatic carbocycles. The second kappa shape index (κ2) is 8.29. The van der Waals surface area contributed by atoms with Crippen molar-refractivity contribution in [3.05, 3.63) is 54.2 Å².